The maximum Gasteiger partial charge on any atom is 0.308 e. The molecule has 1 saturated heterocycles. The number of benzene rings is 1. The zero-order valence-electron chi connectivity index (χ0n) is 11.9. The van der Waals surface area contributed by atoms with Gasteiger partial charge in [-0.25, -0.2) is 4.98 Å². The molecule has 1 fully saturated rings. The summed E-state index contributed by atoms with van der Waals surface area (Å²) in [7, 11) is 0. The highest BCUT2D eigenvalue weighted by molar-refractivity contribution is 7.13. The van der Waals surface area contributed by atoms with E-state index in [1.165, 1.54) is 11.3 Å². The SMILES string of the molecule is O=C(O)C1CCN(C(=O)Cc2csc(-c3ccccc3)n2)C1. The molecule has 1 unspecified atom stereocenters. The zero-order chi connectivity index (χ0) is 15.5. The number of carbonyl (C=O) groups is 2. The van der Waals surface area contributed by atoms with Gasteiger partial charge in [-0.05, 0) is 6.42 Å². The van der Waals surface area contributed by atoms with Crippen LogP contribution >= 0.6 is 11.3 Å². The molecule has 1 N–H and O–H groups in total. The summed E-state index contributed by atoms with van der Waals surface area (Å²) in [5, 5.41) is 11.8. The third kappa shape index (κ3) is 3.17. The van der Waals surface area contributed by atoms with Gasteiger partial charge in [0.15, 0.2) is 0 Å². The number of carbonyl (C=O) groups excluding carboxylic acids is 1. The van der Waals surface area contributed by atoms with Crippen molar-refractivity contribution in [1.82, 2.24) is 9.88 Å². The number of nitrogens with zero attached hydrogens (tertiary/aromatic N) is 2. The largest absolute Gasteiger partial charge is 0.481 e. The van der Waals surface area contributed by atoms with E-state index in [2.05, 4.69) is 4.98 Å². The van der Waals surface area contributed by atoms with Crippen molar-refractivity contribution in [3.8, 4) is 10.6 Å². The van der Waals surface area contributed by atoms with E-state index in [0.29, 0.717) is 19.5 Å². The second-order valence-electron chi connectivity index (χ2n) is 5.35. The number of thiazole rings is 1. The number of rotatable bonds is 4. The topological polar surface area (TPSA) is 70.5 Å². The van der Waals surface area contributed by atoms with Gasteiger partial charge < -0.3 is 10.0 Å². The van der Waals surface area contributed by atoms with Crippen LogP contribution in [0.5, 0.6) is 0 Å². The molecule has 3 rings (SSSR count). The van der Waals surface area contributed by atoms with E-state index in [9.17, 15) is 9.59 Å². The summed E-state index contributed by atoms with van der Waals surface area (Å²) in [6, 6.07) is 9.84. The first-order valence-electron chi connectivity index (χ1n) is 7.14. The van der Waals surface area contributed by atoms with Crippen molar-refractivity contribution in [2.75, 3.05) is 13.1 Å². The Kier molecular flexibility index (Phi) is 4.20. The van der Waals surface area contributed by atoms with E-state index in [1.807, 2.05) is 35.7 Å². The number of carboxylic acid groups (broad SMARTS) is 1. The number of hydrogen-bond acceptors (Lipinski definition) is 4. The Morgan fingerprint density at radius 1 is 1.32 bits per heavy atom. The molecule has 1 aromatic carbocycles. The molecule has 0 spiro atoms. The molecule has 0 saturated carbocycles. The van der Waals surface area contributed by atoms with Crippen molar-refractivity contribution < 1.29 is 14.7 Å². The minimum Gasteiger partial charge on any atom is -0.481 e. The van der Waals surface area contributed by atoms with E-state index in [0.717, 1.165) is 16.3 Å². The molecule has 0 radical (unpaired) electrons. The maximum atomic E-state index is 12.2. The second kappa shape index (κ2) is 6.27. The minimum atomic E-state index is -0.824. The predicted octanol–water partition coefficient (Wildman–Crippen LogP) is 2.29. The van der Waals surface area contributed by atoms with Gasteiger partial charge in [-0.1, -0.05) is 30.3 Å². The van der Waals surface area contributed by atoms with Gasteiger partial charge >= 0.3 is 5.97 Å². The summed E-state index contributed by atoms with van der Waals surface area (Å²) in [6.45, 7) is 0.829. The Morgan fingerprint density at radius 3 is 2.77 bits per heavy atom. The number of carboxylic acids is 1. The molecule has 0 aliphatic carbocycles. The first-order chi connectivity index (χ1) is 10.6. The van der Waals surface area contributed by atoms with Crippen LogP contribution < -0.4 is 0 Å². The Balaban J connectivity index is 1.63. The Labute approximate surface area is 132 Å². The van der Waals surface area contributed by atoms with Crippen LogP contribution in [0.25, 0.3) is 10.6 Å². The van der Waals surface area contributed by atoms with Crippen LogP contribution in [0.3, 0.4) is 0 Å². The first-order valence-corrected chi connectivity index (χ1v) is 8.02. The maximum absolute atomic E-state index is 12.2. The van der Waals surface area contributed by atoms with Crippen LogP contribution in [0.1, 0.15) is 12.1 Å². The molecule has 5 nitrogen and oxygen atoms in total. The Bertz CT molecular complexity index is 684. The van der Waals surface area contributed by atoms with Gasteiger partial charge in [-0.3, -0.25) is 9.59 Å². The lowest BCUT2D eigenvalue weighted by molar-refractivity contribution is -0.141. The number of likely N-dealkylation sites (tertiary alicyclic amines) is 1. The molecule has 0 bridgehead atoms. The van der Waals surface area contributed by atoms with Gasteiger partial charge in [0.1, 0.15) is 5.01 Å². The highest BCUT2D eigenvalue weighted by Gasteiger charge is 2.30. The molecule has 6 heteroatoms. The van der Waals surface area contributed by atoms with Crippen LogP contribution in [0.15, 0.2) is 35.7 Å². The standard InChI is InChI=1S/C16H16N2O3S/c19-14(18-7-6-12(9-18)16(20)21)8-13-10-22-15(17-13)11-4-2-1-3-5-11/h1-5,10,12H,6-9H2,(H,20,21). The van der Waals surface area contributed by atoms with E-state index in [4.69, 9.17) is 5.11 Å². The molecule has 1 aliphatic heterocycles. The summed E-state index contributed by atoms with van der Waals surface area (Å²) in [5.41, 5.74) is 1.78. The molecule has 1 atom stereocenters. The van der Waals surface area contributed by atoms with Gasteiger partial charge in [0, 0.05) is 24.0 Å². The van der Waals surface area contributed by atoms with E-state index in [-0.39, 0.29) is 12.3 Å². The number of aromatic nitrogens is 1. The first kappa shape index (κ1) is 14.7. The highest BCUT2D eigenvalue weighted by Crippen LogP contribution is 2.24. The average molecular weight is 316 g/mol. The van der Waals surface area contributed by atoms with E-state index < -0.39 is 11.9 Å². The van der Waals surface area contributed by atoms with E-state index in [1.54, 1.807) is 4.90 Å². The number of aliphatic carboxylic acids is 1. The summed E-state index contributed by atoms with van der Waals surface area (Å²) >= 11 is 1.52. The fourth-order valence-corrected chi connectivity index (χ4v) is 3.38. The van der Waals surface area contributed by atoms with Gasteiger partial charge in [-0.2, -0.15) is 0 Å². The van der Waals surface area contributed by atoms with Crippen molar-refractivity contribution >= 4 is 23.2 Å². The molecule has 22 heavy (non-hydrogen) atoms. The highest BCUT2D eigenvalue weighted by atomic mass is 32.1. The molecular formula is C16H16N2O3S. The third-order valence-corrected chi connectivity index (χ3v) is 4.74. The lowest BCUT2D eigenvalue weighted by Gasteiger charge is -2.14. The molecule has 1 aromatic heterocycles. The quantitative estimate of drug-likeness (QED) is 0.939. The monoisotopic (exact) mass is 316 g/mol. The van der Waals surface area contributed by atoms with Crippen molar-refractivity contribution in [2.24, 2.45) is 5.92 Å². The minimum absolute atomic E-state index is 0.0475. The van der Waals surface area contributed by atoms with Crippen molar-refractivity contribution in [3.63, 3.8) is 0 Å². The fraction of sp³-hybridized carbons (Fsp3) is 0.312. The van der Waals surface area contributed by atoms with Gasteiger partial charge in [0.2, 0.25) is 5.91 Å². The van der Waals surface area contributed by atoms with Gasteiger partial charge in [0.05, 0.1) is 18.0 Å². The summed E-state index contributed by atoms with van der Waals surface area (Å²) in [6.07, 6.45) is 0.767. The Morgan fingerprint density at radius 2 is 2.09 bits per heavy atom. The zero-order valence-corrected chi connectivity index (χ0v) is 12.8. The van der Waals surface area contributed by atoms with Gasteiger partial charge in [-0.15, -0.1) is 11.3 Å². The van der Waals surface area contributed by atoms with Crippen LogP contribution in [0.4, 0.5) is 0 Å². The Hall–Kier alpha value is -2.21. The summed E-state index contributed by atoms with van der Waals surface area (Å²) in [5.74, 6) is -1.30. The lowest BCUT2D eigenvalue weighted by Crippen LogP contribution is -2.31. The third-order valence-electron chi connectivity index (χ3n) is 3.80. The number of hydrogen-bond donors (Lipinski definition) is 1. The molecular weight excluding hydrogens is 300 g/mol. The normalized spacial score (nSPS) is 17.6. The second-order valence-corrected chi connectivity index (χ2v) is 6.21. The van der Waals surface area contributed by atoms with Crippen LogP contribution in [0, 0.1) is 5.92 Å². The molecule has 114 valence electrons. The van der Waals surface area contributed by atoms with Gasteiger partial charge in [0.25, 0.3) is 0 Å². The van der Waals surface area contributed by atoms with E-state index >= 15 is 0 Å². The average Bonchev–Trinajstić information content (AvgIpc) is 3.17. The van der Waals surface area contributed by atoms with Crippen LogP contribution in [0.2, 0.25) is 0 Å². The molecule has 1 aliphatic rings. The smallest absolute Gasteiger partial charge is 0.308 e. The summed E-state index contributed by atoms with van der Waals surface area (Å²) < 4.78 is 0. The van der Waals surface area contributed by atoms with Crippen molar-refractivity contribution in [3.05, 3.63) is 41.4 Å². The van der Waals surface area contributed by atoms with Crippen LogP contribution in [-0.2, 0) is 16.0 Å². The van der Waals surface area contributed by atoms with Crippen LogP contribution in [-0.4, -0.2) is 40.0 Å². The summed E-state index contributed by atoms with van der Waals surface area (Å²) in [4.78, 5) is 29.3. The molecule has 1 amide bonds. The molecule has 2 aromatic rings. The number of amides is 1. The van der Waals surface area contributed by atoms with Crippen molar-refractivity contribution in [2.45, 2.75) is 12.8 Å². The lowest BCUT2D eigenvalue weighted by atomic mass is 10.1. The predicted molar refractivity (Wildman–Crippen MR) is 83.6 cm³/mol. The fourth-order valence-electron chi connectivity index (χ4n) is 2.56. The van der Waals surface area contributed by atoms with Crippen molar-refractivity contribution in [1.29, 1.82) is 0 Å². The molecule has 2 heterocycles.